The minimum absolute atomic E-state index is 0.0963. The van der Waals surface area contributed by atoms with Gasteiger partial charge in [-0.05, 0) is 23.6 Å². The van der Waals surface area contributed by atoms with E-state index in [9.17, 15) is 4.79 Å². The summed E-state index contributed by atoms with van der Waals surface area (Å²) in [5.74, 6) is 0.413. The van der Waals surface area contributed by atoms with Crippen molar-refractivity contribution in [3.8, 4) is 0 Å². The van der Waals surface area contributed by atoms with Crippen LogP contribution in [0.3, 0.4) is 0 Å². The van der Waals surface area contributed by atoms with Crippen molar-refractivity contribution >= 4 is 23.2 Å². The Morgan fingerprint density at radius 2 is 1.69 bits per heavy atom. The molecule has 1 aliphatic rings. The van der Waals surface area contributed by atoms with E-state index < -0.39 is 0 Å². The van der Waals surface area contributed by atoms with Crippen LogP contribution >= 0.6 is 11.6 Å². The molecule has 0 unspecified atom stereocenters. The first-order valence-corrected chi connectivity index (χ1v) is 9.55. The highest BCUT2D eigenvalue weighted by atomic mass is 35.5. The smallest absolute Gasteiger partial charge is 0.234 e. The van der Waals surface area contributed by atoms with E-state index in [0.717, 1.165) is 36.9 Å². The summed E-state index contributed by atoms with van der Waals surface area (Å²) in [6.45, 7) is 6.77. The second-order valence-corrected chi connectivity index (χ2v) is 7.24. The van der Waals surface area contributed by atoms with Gasteiger partial charge in [-0.25, -0.2) is 0 Å². The maximum absolute atomic E-state index is 12.3. The first-order valence-electron chi connectivity index (χ1n) is 9.17. The predicted molar refractivity (Wildman–Crippen MR) is 108 cm³/mol. The summed E-state index contributed by atoms with van der Waals surface area (Å²) in [6, 6.07) is 18.2. The van der Waals surface area contributed by atoms with Crippen LogP contribution in [0.1, 0.15) is 18.4 Å². The molecule has 4 nitrogen and oxygen atoms in total. The highest BCUT2D eigenvalue weighted by Crippen LogP contribution is 2.25. The van der Waals surface area contributed by atoms with Crippen molar-refractivity contribution in [1.82, 2.24) is 10.2 Å². The number of hydrogen-bond donors (Lipinski definition) is 1. The number of carbonyl (C=O) groups excluding carboxylic acids is 1. The van der Waals surface area contributed by atoms with E-state index in [1.165, 1.54) is 5.56 Å². The molecule has 1 fully saturated rings. The number of para-hydroxylation sites is 1. The van der Waals surface area contributed by atoms with Crippen molar-refractivity contribution in [2.24, 2.45) is 0 Å². The van der Waals surface area contributed by atoms with Crippen LogP contribution in [0.2, 0.25) is 5.02 Å². The lowest BCUT2D eigenvalue weighted by atomic mass is 10.0. The first-order chi connectivity index (χ1) is 12.6. The lowest BCUT2D eigenvalue weighted by Crippen LogP contribution is -2.49. The molecule has 2 aromatic rings. The number of anilines is 1. The molecule has 0 bridgehead atoms. The Bertz CT molecular complexity index is 714. The number of piperazine rings is 1. The number of halogens is 1. The summed E-state index contributed by atoms with van der Waals surface area (Å²) >= 11 is 6.28. The minimum Gasteiger partial charge on any atom is -0.368 e. The molecule has 3 rings (SSSR count). The van der Waals surface area contributed by atoms with Crippen LogP contribution in [0.25, 0.3) is 0 Å². The van der Waals surface area contributed by atoms with Gasteiger partial charge in [0.2, 0.25) is 5.91 Å². The third-order valence-electron chi connectivity index (χ3n) is 4.91. The van der Waals surface area contributed by atoms with Gasteiger partial charge < -0.3 is 10.2 Å². The maximum atomic E-state index is 12.3. The summed E-state index contributed by atoms with van der Waals surface area (Å²) in [7, 11) is 0. The topological polar surface area (TPSA) is 35.6 Å². The van der Waals surface area contributed by atoms with Gasteiger partial charge in [-0.1, -0.05) is 61.0 Å². The number of benzene rings is 2. The van der Waals surface area contributed by atoms with Gasteiger partial charge in [0, 0.05) is 32.7 Å². The molecular formula is C21H26ClN3O. The standard InChI is InChI=1S/C21H26ClN3O/c1-17(18-7-3-2-4-8-18)15-23-21(26)16-24-11-13-25(14-12-24)20-10-6-5-9-19(20)22/h2-10,17H,11-16H2,1H3,(H,23,26)/t17-/m1/s1. The third-order valence-corrected chi connectivity index (χ3v) is 5.23. The van der Waals surface area contributed by atoms with E-state index in [-0.39, 0.29) is 5.91 Å². The van der Waals surface area contributed by atoms with Crippen molar-refractivity contribution in [2.75, 3.05) is 44.2 Å². The molecule has 1 N–H and O–H groups in total. The molecular weight excluding hydrogens is 346 g/mol. The van der Waals surface area contributed by atoms with Gasteiger partial charge in [0.25, 0.3) is 0 Å². The van der Waals surface area contributed by atoms with Gasteiger partial charge in [-0.2, -0.15) is 0 Å². The first kappa shape index (κ1) is 18.7. The van der Waals surface area contributed by atoms with Gasteiger partial charge in [-0.3, -0.25) is 9.69 Å². The molecule has 0 radical (unpaired) electrons. The second-order valence-electron chi connectivity index (χ2n) is 6.83. The van der Waals surface area contributed by atoms with E-state index in [1.807, 2.05) is 36.4 Å². The van der Waals surface area contributed by atoms with Crippen LogP contribution in [-0.4, -0.2) is 50.1 Å². The van der Waals surface area contributed by atoms with Crippen LogP contribution < -0.4 is 10.2 Å². The van der Waals surface area contributed by atoms with Crippen molar-refractivity contribution in [1.29, 1.82) is 0 Å². The largest absolute Gasteiger partial charge is 0.368 e. The maximum Gasteiger partial charge on any atom is 0.234 e. The Balaban J connectivity index is 1.41. The summed E-state index contributed by atoms with van der Waals surface area (Å²) in [5, 5.41) is 3.85. The van der Waals surface area contributed by atoms with Gasteiger partial charge in [0.05, 0.1) is 17.3 Å². The Kier molecular flexibility index (Phi) is 6.53. The number of amides is 1. The van der Waals surface area contributed by atoms with E-state index in [1.54, 1.807) is 0 Å². The highest BCUT2D eigenvalue weighted by Gasteiger charge is 2.20. The molecule has 1 atom stereocenters. The number of hydrogen-bond acceptors (Lipinski definition) is 3. The molecule has 0 spiro atoms. The van der Waals surface area contributed by atoms with Crippen molar-refractivity contribution in [2.45, 2.75) is 12.8 Å². The zero-order valence-electron chi connectivity index (χ0n) is 15.2. The molecule has 1 amide bonds. The van der Waals surface area contributed by atoms with E-state index >= 15 is 0 Å². The molecule has 0 aromatic heterocycles. The number of carbonyl (C=O) groups is 1. The second kappa shape index (κ2) is 9.06. The lowest BCUT2D eigenvalue weighted by Gasteiger charge is -2.36. The summed E-state index contributed by atoms with van der Waals surface area (Å²) in [6.07, 6.45) is 0. The number of nitrogens with zero attached hydrogens (tertiary/aromatic N) is 2. The SMILES string of the molecule is C[C@H](CNC(=O)CN1CCN(c2ccccc2Cl)CC1)c1ccccc1. The zero-order valence-corrected chi connectivity index (χ0v) is 16.0. The highest BCUT2D eigenvalue weighted by molar-refractivity contribution is 6.33. The van der Waals surface area contributed by atoms with Gasteiger partial charge in [0.15, 0.2) is 0 Å². The summed E-state index contributed by atoms with van der Waals surface area (Å²) < 4.78 is 0. The average Bonchev–Trinajstić information content (AvgIpc) is 2.68. The third kappa shape index (κ3) is 4.99. The number of nitrogens with one attached hydrogen (secondary N) is 1. The van der Waals surface area contributed by atoms with E-state index in [0.29, 0.717) is 19.0 Å². The van der Waals surface area contributed by atoms with Crippen molar-refractivity contribution in [3.63, 3.8) is 0 Å². The molecule has 5 heteroatoms. The van der Waals surface area contributed by atoms with Gasteiger partial charge in [0.1, 0.15) is 0 Å². The Morgan fingerprint density at radius 3 is 2.38 bits per heavy atom. The van der Waals surface area contributed by atoms with E-state index in [2.05, 4.69) is 40.2 Å². The molecule has 0 aliphatic carbocycles. The Hall–Kier alpha value is -2.04. The quantitative estimate of drug-likeness (QED) is 0.845. The molecule has 2 aromatic carbocycles. The van der Waals surface area contributed by atoms with E-state index in [4.69, 9.17) is 11.6 Å². The Morgan fingerprint density at radius 1 is 1.04 bits per heavy atom. The summed E-state index contributed by atoms with van der Waals surface area (Å²) in [4.78, 5) is 16.8. The molecule has 138 valence electrons. The van der Waals surface area contributed by atoms with Crippen LogP contribution in [0.5, 0.6) is 0 Å². The fraction of sp³-hybridized carbons (Fsp3) is 0.381. The summed E-state index contributed by atoms with van der Waals surface area (Å²) in [5.41, 5.74) is 2.33. The van der Waals surface area contributed by atoms with Crippen LogP contribution in [0.4, 0.5) is 5.69 Å². The predicted octanol–water partition coefficient (Wildman–Crippen LogP) is 3.38. The molecule has 1 aliphatic heterocycles. The molecule has 1 heterocycles. The average molecular weight is 372 g/mol. The molecule has 1 saturated heterocycles. The zero-order chi connectivity index (χ0) is 18.4. The van der Waals surface area contributed by atoms with Crippen LogP contribution in [0, 0.1) is 0 Å². The minimum atomic E-state index is 0.0963. The molecule has 26 heavy (non-hydrogen) atoms. The fourth-order valence-electron chi connectivity index (χ4n) is 3.28. The Labute approximate surface area is 160 Å². The van der Waals surface area contributed by atoms with Gasteiger partial charge >= 0.3 is 0 Å². The fourth-order valence-corrected chi connectivity index (χ4v) is 3.54. The van der Waals surface area contributed by atoms with Gasteiger partial charge in [-0.15, -0.1) is 0 Å². The monoisotopic (exact) mass is 371 g/mol. The lowest BCUT2D eigenvalue weighted by molar-refractivity contribution is -0.122. The number of rotatable bonds is 6. The van der Waals surface area contributed by atoms with Crippen LogP contribution in [-0.2, 0) is 4.79 Å². The normalized spacial score (nSPS) is 16.3. The van der Waals surface area contributed by atoms with Crippen molar-refractivity contribution < 1.29 is 4.79 Å². The van der Waals surface area contributed by atoms with Crippen LogP contribution in [0.15, 0.2) is 54.6 Å². The molecule has 0 saturated carbocycles. The van der Waals surface area contributed by atoms with Crippen molar-refractivity contribution in [3.05, 3.63) is 65.2 Å².